The topological polar surface area (TPSA) is 54.9 Å². The van der Waals surface area contributed by atoms with Gasteiger partial charge in [-0.25, -0.2) is 0 Å². The van der Waals surface area contributed by atoms with Crippen molar-refractivity contribution in [1.29, 1.82) is 0 Å². The van der Waals surface area contributed by atoms with E-state index in [0.717, 1.165) is 51.6 Å². The Balaban J connectivity index is 2.00. The smallest absolute Gasteiger partial charge is 0.191 e. The molecule has 1 rings (SSSR count). The van der Waals surface area contributed by atoms with Crippen LogP contribution in [-0.2, 0) is 9.47 Å². The molecule has 1 fully saturated rings. The number of hydrogen-bond donors (Lipinski definition) is 2. The number of nitrogens with zero attached hydrogens (tertiary/aromatic N) is 1. The fraction of sp³-hybridized carbons (Fsp3) is 0.923. The van der Waals surface area contributed by atoms with Gasteiger partial charge in [-0.3, -0.25) is 4.99 Å². The van der Waals surface area contributed by atoms with Crippen LogP contribution in [0.5, 0.6) is 0 Å². The molecule has 0 radical (unpaired) electrons. The average Bonchev–Trinajstić information content (AvgIpc) is 2.37. The molecule has 2 N–H and O–H groups in total. The quantitative estimate of drug-likeness (QED) is 0.426. The molecule has 1 heterocycles. The highest BCUT2D eigenvalue weighted by molar-refractivity contribution is 5.79. The molecule has 1 aliphatic heterocycles. The number of rotatable bonds is 6. The highest BCUT2D eigenvalue weighted by atomic mass is 16.5. The maximum atomic E-state index is 5.80. The summed E-state index contributed by atoms with van der Waals surface area (Å²) in [6, 6.07) is 0.398. The van der Waals surface area contributed by atoms with Gasteiger partial charge in [0.1, 0.15) is 0 Å². The van der Waals surface area contributed by atoms with Gasteiger partial charge in [-0.1, -0.05) is 0 Å². The van der Waals surface area contributed by atoms with Gasteiger partial charge in [-0.15, -0.1) is 0 Å². The van der Waals surface area contributed by atoms with E-state index in [9.17, 15) is 0 Å². The molecule has 0 saturated carbocycles. The van der Waals surface area contributed by atoms with E-state index in [1.54, 1.807) is 7.05 Å². The minimum Gasteiger partial charge on any atom is -0.381 e. The van der Waals surface area contributed by atoms with Crippen LogP contribution in [0.3, 0.4) is 0 Å². The van der Waals surface area contributed by atoms with Gasteiger partial charge in [0.15, 0.2) is 5.96 Å². The second-order valence-corrected chi connectivity index (χ2v) is 4.83. The molecule has 0 aromatic rings. The average molecular weight is 257 g/mol. The van der Waals surface area contributed by atoms with Crippen molar-refractivity contribution >= 4 is 5.96 Å². The first-order valence-corrected chi connectivity index (χ1v) is 6.89. The summed E-state index contributed by atoms with van der Waals surface area (Å²) in [5.41, 5.74) is 0. The Labute approximate surface area is 110 Å². The Morgan fingerprint density at radius 2 is 2.11 bits per heavy atom. The molecule has 18 heavy (non-hydrogen) atoms. The van der Waals surface area contributed by atoms with Gasteiger partial charge in [0.2, 0.25) is 0 Å². The normalized spacial score (nSPS) is 18.1. The fourth-order valence-corrected chi connectivity index (χ4v) is 1.84. The molecular formula is C13H27N3O2. The summed E-state index contributed by atoms with van der Waals surface area (Å²) in [6.07, 6.45) is 3.45. The third-order valence-electron chi connectivity index (χ3n) is 2.78. The molecule has 0 spiro atoms. The van der Waals surface area contributed by atoms with Crippen LogP contribution < -0.4 is 10.6 Å². The summed E-state index contributed by atoms with van der Waals surface area (Å²) < 4.78 is 11.1. The van der Waals surface area contributed by atoms with Crippen LogP contribution in [0.4, 0.5) is 0 Å². The second kappa shape index (κ2) is 9.16. The number of hydrogen-bond acceptors (Lipinski definition) is 3. The number of nitrogens with one attached hydrogen (secondary N) is 2. The van der Waals surface area contributed by atoms with Crippen LogP contribution in [0.1, 0.15) is 33.1 Å². The van der Waals surface area contributed by atoms with Crippen molar-refractivity contribution in [3.63, 3.8) is 0 Å². The first-order chi connectivity index (χ1) is 8.72. The van der Waals surface area contributed by atoms with E-state index in [1.807, 2.05) is 0 Å². The molecule has 0 amide bonds. The summed E-state index contributed by atoms with van der Waals surface area (Å²) in [5, 5.41) is 6.52. The Kier molecular flexibility index (Phi) is 7.76. The lowest BCUT2D eigenvalue weighted by molar-refractivity contribution is -0.0320. The molecule has 0 atom stereocenters. The summed E-state index contributed by atoms with van der Waals surface area (Å²) >= 11 is 0. The lowest BCUT2D eigenvalue weighted by Crippen LogP contribution is -2.41. The van der Waals surface area contributed by atoms with Gasteiger partial charge in [0.25, 0.3) is 0 Å². The van der Waals surface area contributed by atoms with Gasteiger partial charge in [0, 0.05) is 39.5 Å². The van der Waals surface area contributed by atoms with Crippen molar-refractivity contribution in [3.8, 4) is 0 Å². The first-order valence-electron chi connectivity index (χ1n) is 6.89. The van der Waals surface area contributed by atoms with E-state index >= 15 is 0 Å². The molecule has 5 heteroatoms. The van der Waals surface area contributed by atoms with Crippen LogP contribution in [0, 0.1) is 0 Å². The van der Waals surface area contributed by atoms with Gasteiger partial charge in [0.05, 0.1) is 6.10 Å². The summed E-state index contributed by atoms with van der Waals surface area (Å²) in [5.74, 6) is 0.857. The molecule has 0 bridgehead atoms. The Hall–Kier alpha value is -0.810. The molecule has 0 aliphatic carbocycles. The number of guanidine groups is 1. The van der Waals surface area contributed by atoms with Crippen molar-refractivity contribution in [2.24, 2.45) is 4.99 Å². The molecule has 106 valence electrons. The van der Waals surface area contributed by atoms with Crippen molar-refractivity contribution < 1.29 is 9.47 Å². The van der Waals surface area contributed by atoms with Gasteiger partial charge in [-0.2, -0.15) is 0 Å². The monoisotopic (exact) mass is 257 g/mol. The fourth-order valence-electron chi connectivity index (χ4n) is 1.84. The van der Waals surface area contributed by atoms with E-state index < -0.39 is 0 Å². The van der Waals surface area contributed by atoms with E-state index in [1.165, 1.54) is 0 Å². The zero-order chi connectivity index (χ0) is 13.2. The zero-order valence-corrected chi connectivity index (χ0v) is 11.9. The van der Waals surface area contributed by atoms with Crippen molar-refractivity contribution in [2.45, 2.75) is 45.3 Å². The summed E-state index contributed by atoms with van der Waals surface area (Å²) in [6.45, 7) is 7.57. The maximum absolute atomic E-state index is 5.80. The lowest BCUT2D eigenvalue weighted by atomic mass is 10.1. The molecule has 5 nitrogen and oxygen atoms in total. The van der Waals surface area contributed by atoms with E-state index in [-0.39, 0.29) is 0 Å². The Bertz CT molecular complexity index is 238. The van der Waals surface area contributed by atoms with Gasteiger partial charge < -0.3 is 20.1 Å². The maximum Gasteiger partial charge on any atom is 0.191 e. The minimum absolute atomic E-state index is 0.395. The molecule has 0 aromatic heterocycles. The van der Waals surface area contributed by atoms with E-state index in [0.29, 0.717) is 12.1 Å². The number of aliphatic imine (C=N–C) groups is 1. The first kappa shape index (κ1) is 15.2. The Morgan fingerprint density at radius 3 is 2.72 bits per heavy atom. The van der Waals surface area contributed by atoms with Gasteiger partial charge >= 0.3 is 0 Å². The highest BCUT2D eigenvalue weighted by Crippen LogP contribution is 2.10. The van der Waals surface area contributed by atoms with Crippen LogP contribution in [0.25, 0.3) is 0 Å². The number of ether oxygens (including phenoxy) is 2. The van der Waals surface area contributed by atoms with Crippen LogP contribution in [0.15, 0.2) is 4.99 Å². The van der Waals surface area contributed by atoms with Crippen LogP contribution in [-0.4, -0.2) is 51.5 Å². The summed E-state index contributed by atoms with van der Waals surface area (Å²) in [7, 11) is 1.79. The minimum atomic E-state index is 0.395. The highest BCUT2D eigenvalue weighted by Gasteiger charge is 2.13. The molecule has 1 aliphatic rings. The zero-order valence-electron chi connectivity index (χ0n) is 11.9. The van der Waals surface area contributed by atoms with E-state index in [2.05, 4.69) is 29.5 Å². The van der Waals surface area contributed by atoms with Gasteiger partial charge in [-0.05, 0) is 33.1 Å². The third-order valence-corrected chi connectivity index (χ3v) is 2.78. The van der Waals surface area contributed by atoms with Crippen LogP contribution >= 0.6 is 0 Å². The standard InChI is InChI=1S/C13H27N3O2/c1-11(2)16-13(14-3)15-7-4-8-18-12-5-9-17-10-6-12/h11-12H,4-10H2,1-3H3,(H2,14,15,16). The van der Waals surface area contributed by atoms with Crippen molar-refractivity contribution in [2.75, 3.05) is 33.4 Å². The largest absolute Gasteiger partial charge is 0.381 e. The van der Waals surface area contributed by atoms with E-state index in [4.69, 9.17) is 9.47 Å². The molecular weight excluding hydrogens is 230 g/mol. The van der Waals surface area contributed by atoms with Crippen molar-refractivity contribution in [1.82, 2.24) is 10.6 Å². The molecule has 0 unspecified atom stereocenters. The SMILES string of the molecule is CN=C(NCCCOC1CCOCC1)NC(C)C. The lowest BCUT2D eigenvalue weighted by Gasteiger charge is -2.22. The van der Waals surface area contributed by atoms with Crippen molar-refractivity contribution in [3.05, 3.63) is 0 Å². The predicted octanol–water partition coefficient (Wildman–Crippen LogP) is 1.15. The predicted molar refractivity (Wildman–Crippen MR) is 74.0 cm³/mol. The second-order valence-electron chi connectivity index (χ2n) is 4.83. The summed E-state index contributed by atoms with van der Waals surface area (Å²) in [4.78, 5) is 4.15. The molecule has 1 saturated heterocycles. The molecule has 0 aromatic carbocycles. The third kappa shape index (κ3) is 6.81. The van der Waals surface area contributed by atoms with Crippen LogP contribution in [0.2, 0.25) is 0 Å². The Morgan fingerprint density at radius 1 is 1.39 bits per heavy atom.